The summed E-state index contributed by atoms with van der Waals surface area (Å²) in [5.74, 6) is -0.373. The topological polar surface area (TPSA) is 12.0 Å². The highest BCUT2D eigenvalue weighted by molar-refractivity contribution is 6.30. The van der Waals surface area contributed by atoms with Gasteiger partial charge in [0.2, 0.25) is 0 Å². The zero-order valence-electron chi connectivity index (χ0n) is 12.3. The Balaban J connectivity index is 1.86. The van der Waals surface area contributed by atoms with Gasteiger partial charge in [0.1, 0.15) is 5.82 Å². The summed E-state index contributed by atoms with van der Waals surface area (Å²) in [4.78, 5) is 0. The summed E-state index contributed by atoms with van der Waals surface area (Å²) in [5, 5.41) is 3.45. The standard InChI is InChI=1S/C18H21ClFN/c1-2-3-4-5-14-6-9-16(10-7-14)21-13-15-8-11-17(19)18(20)12-15/h6-12,21H,2-5,13H2,1H3. The van der Waals surface area contributed by atoms with Gasteiger partial charge in [-0.25, -0.2) is 4.39 Å². The Hall–Kier alpha value is -1.54. The molecule has 0 amide bonds. The lowest BCUT2D eigenvalue weighted by molar-refractivity contribution is 0.626. The van der Waals surface area contributed by atoms with Crippen LogP contribution >= 0.6 is 11.6 Å². The molecule has 2 aromatic rings. The van der Waals surface area contributed by atoms with Crippen molar-refractivity contribution in [2.75, 3.05) is 5.32 Å². The van der Waals surface area contributed by atoms with Crippen LogP contribution in [0, 0.1) is 5.82 Å². The fraction of sp³-hybridized carbons (Fsp3) is 0.333. The molecule has 0 aliphatic rings. The molecule has 0 radical (unpaired) electrons. The molecule has 112 valence electrons. The predicted octanol–water partition coefficient (Wildman–Crippen LogP) is 5.82. The van der Waals surface area contributed by atoms with Crippen molar-refractivity contribution in [3.05, 3.63) is 64.4 Å². The molecule has 1 N–H and O–H groups in total. The van der Waals surface area contributed by atoms with Gasteiger partial charge in [-0.05, 0) is 48.2 Å². The molecule has 2 aromatic carbocycles. The number of halogens is 2. The van der Waals surface area contributed by atoms with Crippen molar-refractivity contribution in [1.82, 2.24) is 0 Å². The van der Waals surface area contributed by atoms with Crippen molar-refractivity contribution in [2.24, 2.45) is 0 Å². The van der Waals surface area contributed by atoms with Crippen LogP contribution in [0.15, 0.2) is 42.5 Å². The van der Waals surface area contributed by atoms with Crippen LogP contribution < -0.4 is 5.32 Å². The maximum atomic E-state index is 13.3. The van der Waals surface area contributed by atoms with E-state index in [9.17, 15) is 4.39 Å². The van der Waals surface area contributed by atoms with Crippen molar-refractivity contribution in [1.29, 1.82) is 0 Å². The maximum Gasteiger partial charge on any atom is 0.142 e. The van der Waals surface area contributed by atoms with Gasteiger partial charge < -0.3 is 5.32 Å². The number of nitrogens with one attached hydrogen (secondary N) is 1. The first-order valence-electron chi connectivity index (χ1n) is 7.46. The van der Waals surface area contributed by atoms with E-state index in [1.807, 2.05) is 6.07 Å². The molecule has 0 heterocycles. The van der Waals surface area contributed by atoms with Gasteiger partial charge in [-0.3, -0.25) is 0 Å². The van der Waals surface area contributed by atoms with Gasteiger partial charge in [-0.1, -0.05) is 49.6 Å². The largest absolute Gasteiger partial charge is 0.381 e. The Morgan fingerprint density at radius 1 is 1.00 bits per heavy atom. The molecule has 0 aliphatic heterocycles. The second-order valence-electron chi connectivity index (χ2n) is 5.26. The number of unbranched alkanes of at least 4 members (excludes halogenated alkanes) is 2. The summed E-state index contributed by atoms with van der Waals surface area (Å²) >= 11 is 5.67. The molecule has 3 heteroatoms. The Labute approximate surface area is 131 Å². The lowest BCUT2D eigenvalue weighted by atomic mass is 10.1. The van der Waals surface area contributed by atoms with Gasteiger partial charge >= 0.3 is 0 Å². The van der Waals surface area contributed by atoms with Gasteiger partial charge in [0.05, 0.1) is 5.02 Å². The number of anilines is 1. The van der Waals surface area contributed by atoms with E-state index in [1.165, 1.54) is 30.9 Å². The summed E-state index contributed by atoms with van der Waals surface area (Å²) in [7, 11) is 0. The van der Waals surface area contributed by atoms with Crippen LogP contribution in [0.5, 0.6) is 0 Å². The van der Waals surface area contributed by atoms with Gasteiger partial charge in [0.25, 0.3) is 0 Å². The van der Waals surface area contributed by atoms with Gasteiger partial charge in [0.15, 0.2) is 0 Å². The summed E-state index contributed by atoms with van der Waals surface area (Å²) in [5.41, 5.74) is 3.29. The highest BCUT2D eigenvalue weighted by Crippen LogP contribution is 2.17. The smallest absolute Gasteiger partial charge is 0.142 e. The molecule has 0 unspecified atom stereocenters. The first kappa shape index (κ1) is 15.8. The number of rotatable bonds is 7. The predicted molar refractivity (Wildman–Crippen MR) is 88.4 cm³/mol. The quantitative estimate of drug-likeness (QED) is 0.635. The van der Waals surface area contributed by atoms with Crippen LogP contribution in [0.2, 0.25) is 5.02 Å². The molecule has 0 spiro atoms. The van der Waals surface area contributed by atoms with E-state index in [-0.39, 0.29) is 10.8 Å². The summed E-state index contributed by atoms with van der Waals surface area (Å²) in [6.45, 7) is 2.80. The van der Waals surface area contributed by atoms with Crippen LogP contribution in [-0.4, -0.2) is 0 Å². The van der Waals surface area contributed by atoms with Crippen LogP contribution in [0.4, 0.5) is 10.1 Å². The number of hydrogen-bond acceptors (Lipinski definition) is 1. The van der Waals surface area contributed by atoms with Gasteiger partial charge in [0, 0.05) is 12.2 Å². The molecular weight excluding hydrogens is 285 g/mol. The van der Waals surface area contributed by atoms with Crippen molar-refractivity contribution < 1.29 is 4.39 Å². The van der Waals surface area contributed by atoms with Crippen LogP contribution in [0.3, 0.4) is 0 Å². The second-order valence-corrected chi connectivity index (χ2v) is 5.66. The van der Waals surface area contributed by atoms with Crippen LogP contribution in [-0.2, 0) is 13.0 Å². The second kappa shape index (κ2) is 8.04. The minimum atomic E-state index is -0.373. The molecule has 0 fully saturated rings. The number of aryl methyl sites for hydroxylation is 1. The molecule has 0 saturated heterocycles. The monoisotopic (exact) mass is 305 g/mol. The van der Waals surface area contributed by atoms with E-state index in [1.54, 1.807) is 6.07 Å². The van der Waals surface area contributed by atoms with Gasteiger partial charge in [-0.15, -0.1) is 0 Å². The zero-order chi connectivity index (χ0) is 15.1. The Morgan fingerprint density at radius 2 is 1.71 bits per heavy atom. The normalized spacial score (nSPS) is 10.6. The fourth-order valence-corrected chi connectivity index (χ4v) is 2.34. The summed E-state index contributed by atoms with van der Waals surface area (Å²) < 4.78 is 13.3. The van der Waals surface area contributed by atoms with E-state index in [2.05, 4.69) is 36.5 Å². The van der Waals surface area contributed by atoms with E-state index < -0.39 is 0 Å². The molecule has 21 heavy (non-hydrogen) atoms. The average Bonchev–Trinajstić information content (AvgIpc) is 2.50. The van der Waals surface area contributed by atoms with E-state index >= 15 is 0 Å². The Bertz CT molecular complexity index is 566. The SMILES string of the molecule is CCCCCc1ccc(NCc2ccc(Cl)c(F)c2)cc1. The molecule has 0 aromatic heterocycles. The highest BCUT2D eigenvalue weighted by atomic mass is 35.5. The number of benzene rings is 2. The third kappa shape index (κ3) is 5.05. The Kier molecular flexibility index (Phi) is 6.06. The summed E-state index contributed by atoms with van der Waals surface area (Å²) in [6.07, 6.45) is 4.91. The third-order valence-electron chi connectivity index (χ3n) is 3.50. The maximum absolute atomic E-state index is 13.3. The van der Waals surface area contributed by atoms with E-state index in [0.717, 1.165) is 17.7 Å². The van der Waals surface area contributed by atoms with Crippen LogP contribution in [0.1, 0.15) is 37.3 Å². The Morgan fingerprint density at radius 3 is 2.38 bits per heavy atom. The van der Waals surface area contributed by atoms with E-state index in [4.69, 9.17) is 11.6 Å². The zero-order valence-corrected chi connectivity index (χ0v) is 13.1. The average molecular weight is 306 g/mol. The fourth-order valence-electron chi connectivity index (χ4n) is 2.22. The molecule has 0 saturated carbocycles. The van der Waals surface area contributed by atoms with Crippen molar-refractivity contribution >= 4 is 17.3 Å². The van der Waals surface area contributed by atoms with Crippen molar-refractivity contribution in [2.45, 2.75) is 39.2 Å². The molecule has 0 aliphatic carbocycles. The molecule has 0 atom stereocenters. The molecule has 1 nitrogen and oxygen atoms in total. The summed E-state index contributed by atoms with van der Waals surface area (Å²) in [6, 6.07) is 13.3. The lowest BCUT2D eigenvalue weighted by Gasteiger charge is -2.08. The highest BCUT2D eigenvalue weighted by Gasteiger charge is 2.01. The van der Waals surface area contributed by atoms with Gasteiger partial charge in [-0.2, -0.15) is 0 Å². The van der Waals surface area contributed by atoms with Crippen LogP contribution in [0.25, 0.3) is 0 Å². The van der Waals surface area contributed by atoms with Crippen molar-refractivity contribution in [3.63, 3.8) is 0 Å². The molecular formula is C18H21ClFN. The minimum Gasteiger partial charge on any atom is -0.381 e. The number of hydrogen-bond donors (Lipinski definition) is 1. The molecule has 2 rings (SSSR count). The lowest BCUT2D eigenvalue weighted by Crippen LogP contribution is -2.00. The molecule has 0 bridgehead atoms. The van der Waals surface area contributed by atoms with Crippen molar-refractivity contribution in [3.8, 4) is 0 Å². The first-order chi connectivity index (χ1) is 10.2. The third-order valence-corrected chi connectivity index (χ3v) is 3.81. The minimum absolute atomic E-state index is 0.162. The van der Waals surface area contributed by atoms with E-state index in [0.29, 0.717) is 6.54 Å². The first-order valence-corrected chi connectivity index (χ1v) is 7.83.